The minimum Gasteiger partial charge on any atom is -0.389 e. The zero-order chi connectivity index (χ0) is 10.8. The molecule has 1 aromatic carbocycles. The fourth-order valence-corrected chi connectivity index (χ4v) is 1.95. The lowest BCUT2D eigenvalue weighted by Gasteiger charge is -2.14. The second kappa shape index (κ2) is 4.49. The predicted molar refractivity (Wildman–Crippen MR) is 58.7 cm³/mol. The summed E-state index contributed by atoms with van der Waals surface area (Å²) in [6.07, 6.45) is -1.23. The van der Waals surface area contributed by atoms with Gasteiger partial charge in [-0.15, -0.1) is 0 Å². The Morgan fingerprint density at radius 3 is 2.20 bits per heavy atom. The zero-order valence-electron chi connectivity index (χ0n) is 8.31. The summed E-state index contributed by atoms with van der Waals surface area (Å²) in [6.45, 7) is 1.80. The Morgan fingerprint density at radius 1 is 1.13 bits per heavy atom. The van der Waals surface area contributed by atoms with Gasteiger partial charge in [-0.25, -0.2) is 0 Å². The van der Waals surface area contributed by atoms with E-state index in [0.29, 0.717) is 13.1 Å². The van der Waals surface area contributed by atoms with Gasteiger partial charge in [0.2, 0.25) is 0 Å². The molecule has 0 aromatic heterocycles. The fourth-order valence-electron chi connectivity index (χ4n) is 1.82. The van der Waals surface area contributed by atoms with Crippen LogP contribution in [0, 0.1) is 0 Å². The average Bonchev–Trinajstić information content (AvgIpc) is 2.50. The summed E-state index contributed by atoms with van der Waals surface area (Å²) in [7, 11) is 0. The van der Waals surface area contributed by atoms with Crippen molar-refractivity contribution in [3.8, 4) is 0 Å². The molecule has 4 heteroatoms. The number of benzene rings is 1. The molecule has 2 rings (SSSR count). The summed E-state index contributed by atoms with van der Waals surface area (Å²) in [5, 5.41) is 19.5. The lowest BCUT2D eigenvalue weighted by molar-refractivity contribution is 0.0572. The second-order valence-corrected chi connectivity index (χ2v) is 4.39. The van der Waals surface area contributed by atoms with Crippen molar-refractivity contribution in [3.63, 3.8) is 0 Å². The lowest BCUT2D eigenvalue weighted by Crippen LogP contribution is -2.22. The van der Waals surface area contributed by atoms with E-state index in [0.717, 1.165) is 17.1 Å². The van der Waals surface area contributed by atoms with Crippen LogP contribution in [0.25, 0.3) is 0 Å². The van der Waals surface area contributed by atoms with Crippen molar-refractivity contribution in [3.05, 3.63) is 34.9 Å². The maximum absolute atomic E-state index is 9.38. The van der Waals surface area contributed by atoms with Crippen LogP contribution in [0.3, 0.4) is 0 Å². The molecule has 1 aliphatic heterocycles. The lowest BCUT2D eigenvalue weighted by atomic mass is 10.2. The number of hydrogen-bond acceptors (Lipinski definition) is 3. The van der Waals surface area contributed by atoms with E-state index in [1.54, 1.807) is 0 Å². The zero-order valence-corrected chi connectivity index (χ0v) is 9.06. The number of nitrogens with zero attached hydrogens (tertiary/aromatic N) is 1. The first-order valence-corrected chi connectivity index (χ1v) is 5.36. The van der Waals surface area contributed by atoms with Crippen molar-refractivity contribution in [1.29, 1.82) is 0 Å². The first-order chi connectivity index (χ1) is 7.15. The summed E-state index contributed by atoms with van der Waals surface area (Å²) < 4.78 is 0. The summed E-state index contributed by atoms with van der Waals surface area (Å²) in [5.74, 6) is 0. The van der Waals surface area contributed by atoms with Gasteiger partial charge in [0, 0.05) is 24.7 Å². The Morgan fingerprint density at radius 2 is 1.67 bits per heavy atom. The van der Waals surface area contributed by atoms with Crippen LogP contribution >= 0.6 is 11.6 Å². The minimum atomic E-state index is -0.614. The molecular formula is C11H14ClNO2. The summed E-state index contributed by atoms with van der Waals surface area (Å²) in [4.78, 5) is 2.03. The molecule has 2 N–H and O–H groups in total. The summed E-state index contributed by atoms with van der Waals surface area (Å²) >= 11 is 5.78. The Bertz CT molecular complexity index is 318. The molecule has 0 amide bonds. The van der Waals surface area contributed by atoms with Gasteiger partial charge in [0.1, 0.15) is 0 Å². The summed E-state index contributed by atoms with van der Waals surface area (Å²) in [5.41, 5.74) is 1.14. The SMILES string of the molecule is O[C@@H]1CN(Cc2ccc(Cl)cc2)C[C@@H]1O. The molecule has 0 spiro atoms. The molecule has 1 aromatic rings. The van der Waals surface area contributed by atoms with Crippen LogP contribution in [-0.2, 0) is 6.54 Å². The Hall–Kier alpha value is -0.610. The highest BCUT2D eigenvalue weighted by atomic mass is 35.5. The largest absolute Gasteiger partial charge is 0.389 e. The Balaban J connectivity index is 1.95. The van der Waals surface area contributed by atoms with Crippen molar-refractivity contribution in [1.82, 2.24) is 4.90 Å². The number of halogens is 1. The molecule has 1 heterocycles. The molecule has 82 valence electrons. The summed E-state index contributed by atoms with van der Waals surface area (Å²) in [6, 6.07) is 7.61. The molecule has 0 radical (unpaired) electrons. The van der Waals surface area contributed by atoms with Crippen LogP contribution in [0.1, 0.15) is 5.56 Å². The third-order valence-electron chi connectivity index (χ3n) is 2.65. The smallest absolute Gasteiger partial charge is 0.0938 e. The molecule has 1 fully saturated rings. The second-order valence-electron chi connectivity index (χ2n) is 3.96. The Kier molecular flexibility index (Phi) is 3.26. The van der Waals surface area contributed by atoms with E-state index in [-0.39, 0.29) is 0 Å². The molecule has 3 nitrogen and oxygen atoms in total. The van der Waals surface area contributed by atoms with Gasteiger partial charge in [0.25, 0.3) is 0 Å². The van der Waals surface area contributed by atoms with Crippen molar-refractivity contribution in [2.75, 3.05) is 13.1 Å². The van der Waals surface area contributed by atoms with E-state index in [4.69, 9.17) is 11.6 Å². The van der Waals surface area contributed by atoms with Crippen LogP contribution in [-0.4, -0.2) is 40.4 Å². The quantitative estimate of drug-likeness (QED) is 0.788. The van der Waals surface area contributed by atoms with Gasteiger partial charge in [-0.05, 0) is 17.7 Å². The third-order valence-corrected chi connectivity index (χ3v) is 2.91. The van der Waals surface area contributed by atoms with Crippen LogP contribution in [0.5, 0.6) is 0 Å². The van der Waals surface area contributed by atoms with Crippen LogP contribution in [0.4, 0.5) is 0 Å². The molecule has 1 saturated heterocycles. The number of rotatable bonds is 2. The van der Waals surface area contributed by atoms with Gasteiger partial charge in [-0.2, -0.15) is 0 Å². The number of β-amino-alcohol motifs (C(OH)–C–C–N with tert-alkyl or cyclic N) is 2. The van der Waals surface area contributed by atoms with Gasteiger partial charge in [0.05, 0.1) is 12.2 Å². The highest BCUT2D eigenvalue weighted by Crippen LogP contribution is 2.15. The van der Waals surface area contributed by atoms with E-state index in [1.165, 1.54) is 0 Å². The monoisotopic (exact) mass is 227 g/mol. The van der Waals surface area contributed by atoms with Crippen LogP contribution in [0.15, 0.2) is 24.3 Å². The maximum Gasteiger partial charge on any atom is 0.0938 e. The third kappa shape index (κ3) is 2.69. The molecule has 0 saturated carbocycles. The average molecular weight is 228 g/mol. The van der Waals surface area contributed by atoms with E-state index in [2.05, 4.69) is 0 Å². The van der Waals surface area contributed by atoms with Crippen LogP contribution in [0.2, 0.25) is 5.02 Å². The topological polar surface area (TPSA) is 43.7 Å². The number of likely N-dealkylation sites (tertiary alicyclic amines) is 1. The predicted octanol–water partition coefficient (Wildman–Crippen LogP) is 0.877. The standard InChI is InChI=1S/C11H14ClNO2/c12-9-3-1-8(2-4-9)5-13-6-10(14)11(15)7-13/h1-4,10-11,14-15H,5-7H2/t10-,11+. The van der Waals surface area contributed by atoms with Crippen molar-refractivity contribution in [2.24, 2.45) is 0 Å². The number of hydrogen-bond donors (Lipinski definition) is 2. The van der Waals surface area contributed by atoms with Crippen molar-refractivity contribution >= 4 is 11.6 Å². The van der Waals surface area contributed by atoms with Gasteiger partial charge >= 0.3 is 0 Å². The Labute approximate surface area is 93.9 Å². The van der Waals surface area contributed by atoms with Crippen molar-refractivity contribution in [2.45, 2.75) is 18.8 Å². The number of aliphatic hydroxyl groups is 2. The molecule has 2 atom stereocenters. The molecule has 0 bridgehead atoms. The maximum atomic E-state index is 9.38. The first kappa shape index (κ1) is 10.9. The van der Waals surface area contributed by atoms with Crippen molar-refractivity contribution < 1.29 is 10.2 Å². The van der Waals surface area contributed by atoms with Gasteiger partial charge in [-0.3, -0.25) is 4.90 Å². The van der Waals surface area contributed by atoms with Gasteiger partial charge in [0.15, 0.2) is 0 Å². The highest BCUT2D eigenvalue weighted by Gasteiger charge is 2.29. The van der Waals surface area contributed by atoms with E-state index in [9.17, 15) is 10.2 Å². The van der Waals surface area contributed by atoms with E-state index < -0.39 is 12.2 Å². The molecular weight excluding hydrogens is 214 g/mol. The minimum absolute atomic E-state index is 0.532. The molecule has 0 aliphatic carbocycles. The molecule has 15 heavy (non-hydrogen) atoms. The first-order valence-electron chi connectivity index (χ1n) is 4.98. The molecule has 0 unspecified atom stereocenters. The number of aliphatic hydroxyl groups excluding tert-OH is 2. The van der Waals surface area contributed by atoms with Crippen LogP contribution < -0.4 is 0 Å². The van der Waals surface area contributed by atoms with E-state index in [1.807, 2.05) is 29.2 Å². The normalized spacial score (nSPS) is 27.1. The fraction of sp³-hybridized carbons (Fsp3) is 0.455. The van der Waals surface area contributed by atoms with E-state index >= 15 is 0 Å². The van der Waals surface area contributed by atoms with Gasteiger partial charge < -0.3 is 10.2 Å². The van der Waals surface area contributed by atoms with Gasteiger partial charge in [-0.1, -0.05) is 23.7 Å². The highest BCUT2D eigenvalue weighted by molar-refractivity contribution is 6.30. The molecule has 1 aliphatic rings.